The topological polar surface area (TPSA) is 192 Å². The fourth-order valence-electron chi connectivity index (χ4n) is 8.22. The minimum atomic E-state index is -0.878. The summed E-state index contributed by atoms with van der Waals surface area (Å²) in [6.45, 7) is 24.1. The molecule has 3 unspecified atom stereocenters. The number of halogens is 4. The highest BCUT2D eigenvalue weighted by molar-refractivity contribution is 6.76. The SMILES string of the molecule is CCOC(=O)C1=CCC(=O)NC1c1ccc(F)cc1.CCOC(=O)C1=CN(COCCC[SiH](C)C)C(=O)N(C)C1c1ccc(F)cc1.CCOC(=O)C1=CN(COCCC[SiH](C)C)C(=O)NC1c1ccc(F)cc1.C[Si](C)(C)CCOCCl. The molecule has 3 atom stereocenters. The average Bonchev–Trinajstić information content (AvgIpc) is 2.92. The van der Waals surface area contributed by atoms with Crippen molar-refractivity contribution in [3.8, 4) is 0 Å². The number of esters is 3. The molecule has 6 rings (SSSR count). The minimum Gasteiger partial charge on any atom is -0.463 e. The summed E-state index contributed by atoms with van der Waals surface area (Å²) in [5, 5.41) is 5.48. The molecule has 0 spiro atoms. The van der Waals surface area contributed by atoms with Gasteiger partial charge in [0.1, 0.15) is 37.0 Å². The van der Waals surface area contributed by atoms with Crippen LogP contribution in [0.2, 0.25) is 64.0 Å². The van der Waals surface area contributed by atoms with Crippen molar-refractivity contribution in [3.63, 3.8) is 0 Å². The molecule has 3 aliphatic rings. The predicted molar refractivity (Wildman–Crippen MR) is 323 cm³/mol. The van der Waals surface area contributed by atoms with E-state index in [0.29, 0.717) is 47.1 Å². The summed E-state index contributed by atoms with van der Waals surface area (Å²) in [6.07, 6.45) is 6.59. The van der Waals surface area contributed by atoms with Crippen LogP contribution in [0.5, 0.6) is 0 Å². The number of hydrogen-bond donors (Lipinski definition) is 2. The van der Waals surface area contributed by atoms with Gasteiger partial charge in [0.2, 0.25) is 5.91 Å². The summed E-state index contributed by atoms with van der Waals surface area (Å²) >= 11 is 5.32. The molecule has 5 amide bonds. The standard InChI is InChI=1S/C20H29FN2O4Si.C19H27FN2O4Si.C14H14FNO3.C6H15ClOSi/c1-5-27-19(24)17-13-23(14-26-11-6-12-28(3)4)20(25)22(2)18(17)15-7-9-16(21)10-8-15;1-4-26-18(23)16-12-22(13-25-10-5-11-27(2)3)19(24)21-17(16)14-6-8-15(20)9-7-14;1-2-19-14(18)11-7-8-12(17)16-13(11)9-3-5-10(15)6-4-9;1-9(2,3)5-4-8-6-7/h7-10,13,18,28H,5-6,11-12,14H2,1-4H3;6-9,12,17,27H,4-5,10-11,13H2,1-3H3,(H,21,24);3-7,13H,2,8H2,1H3,(H,16,17);4-6H2,1-3H3. The zero-order chi connectivity index (χ0) is 61.6. The highest BCUT2D eigenvalue weighted by Crippen LogP contribution is 2.34. The van der Waals surface area contributed by atoms with E-state index >= 15 is 0 Å². The van der Waals surface area contributed by atoms with E-state index in [9.17, 15) is 41.9 Å². The van der Waals surface area contributed by atoms with E-state index in [-0.39, 0.29) is 80.7 Å². The van der Waals surface area contributed by atoms with Crippen molar-refractivity contribution in [3.05, 3.63) is 142 Å². The molecule has 0 radical (unpaired) electrons. The Kier molecular flexibility index (Phi) is 32.0. The van der Waals surface area contributed by atoms with E-state index in [4.69, 9.17) is 40.0 Å². The molecule has 83 heavy (non-hydrogen) atoms. The lowest BCUT2D eigenvalue weighted by molar-refractivity contribution is -0.140. The third kappa shape index (κ3) is 25.3. The first-order chi connectivity index (χ1) is 39.4. The third-order valence-corrected chi connectivity index (χ3v) is 17.6. The first-order valence-corrected chi connectivity index (χ1v) is 38.5. The molecule has 17 nitrogen and oxygen atoms in total. The van der Waals surface area contributed by atoms with Gasteiger partial charge in [0.25, 0.3) is 0 Å². The van der Waals surface area contributed by atoms with E-state index in [1.54, 1.807) is 58.2 Å². The van der Waals surface area contributed by atoms with Gasteiger partial charge in [-0.05, 0) is 92.7 Å². The predicted octanol–water partition coefficient (Wildman–Crippen LogP) is 11.1. The van der Waals surface area contributed by atoms with Gasteiger partial charge in [-0.15, -0.1) is 0 Å². The molecule has 3 aromatic carbocycles. The summed E-state index contributed by atoms with van der Waals surface area (Å²) in [7, 11) is -0.496. The van der Waals surface area contributed by atoms with Gasteiger partial charge in [0, 0.05) is 71.4 Å². The van der Waals surface area contributed by atoms with E-state index < -0.39 is 61.7 Å². The second-order valence-corrected chi connectivity index (χ2v) is 34.0. The lowest BCUT2D eigenvalue weighted by Gasteiger charge is -2.37. The largest absolute Gasteiger partial charge is 0.463 e. The van der Waals surface area contributed by atoms with Crippen molar-refractivity contribution in [1.82, 2.24) is 25.3 Å². The van der Waals surface area contributed by atoms with Gasteiger partial charge in [-0.3, -0.25) is 14.6 Å². The number of carbonyl (C=O) groups is 6. The first kappa shape index (κ1) is 71.2. The van der Waals surface area contributed by atoms with Crippen LogP contribution in [0, 0.1) is 17.5 Å². The summed E-state index contributed by atoms with van der Waals surface area (Å²) in [5.41, 5.74) is 2.86. The Balaban J connectivity index is 0.000000308. The molecular weight excluding hydrogens is 1150 g/mol. The maximum absolute atomic E-state index is 13.3. The number of carbonyl (C=O) groups excluding carboxylic acids is 6. The molecule has 24 heteroatoms. The average molecular weight is 1230 g/mol. The molecule has 0 fully saturated rings. The molecule has 0 aliphatic carbocycles. The van der Waals surface area contributed by atoms with Crippen LogP contribution in [-0.2, 0) is 47.6 Å². The quantitative estimate of drug-likeness (QED) is 0.0269. The van der Waals surface area contributed by atoms with Gasteiger partial charge in [0.15, 0.2) is 0 Å². The van der Waals surface area contributed by atoms with Crippen molar-refractivity contribution >= 4 is 73.1 Å². The number of urea groups is 2. The van der Waals surface area contributed by atoms with Gasteiger partial charge in [0.05, 0.1) is 54.7 Å². The van der Waals surface area contributed by atoms with E-state index in [2.05, 4.69) is 56.5 Å². The van der Waals surface area contributed by atoms with Crippen LogP contribution in [0.25, 0.3) is 0 Å². The van der Waals surface area contributed by atoms with E-state index in [1.807, 2.05) is 0 Å². The molecule has 458 valence electrons. The second-order valence-electron chi connectivity index (χ2n) is 21.4. The summed E-state index contributed by atoms with van der Waals surface area (Å²) in [6, 6.07) is 18.4. The van der Waals surface area contributed by atoms with Crippen LogP contribution in [0.15, 0.2) is 108 Å². The maximum atomic E-state index is 13.3. The smallest absolute Gasteiger partial charge is 0.337 e. The molecule has 0 aromatic heterocycles. The Morgan fingerprint density at radius 3 is 1.47 bits per heavy atom. The summed E-state index contributed by atoms with van der Waals surface area (Å²) < 4.78 is 70.9. The van der Waals surface area contributed by atoms with Crippen molar-refractivity contribution in [2.75, 3.05) is 66.2 Å². The normalized spacial score (nSPS) is 16.8. The summed E-state index contributed by atoms with van der Waals surface area (Å²) in [5.74, 6) is -2.81. The van der Waals surface area contributed by atoms with Crippen LogP contribution in [-0.4, -0.2) is 142 Å². The highest BCUT2D eigenvalue weighted by Gasteiger charge is 2.38. The first-order valence-electron chi connectivity index (χ1n) is 28.0. The second kappa shape index (κ2) is 37.3. The van der Waals surface area contributed by atoms with Gasteiger partial charge in [-0.1, -0.05) is 112 Å². The Morgan fingerprint density at radius 1 is 0.602 bits per heavy atom. The van der Waals surface area contributed by atoms with Gasteiger partial charge >= 0.3 is 30.0 Å². The van der Waals surface area contributed by atoms with Crippen LogP contribution < -0.4 is 10.6 Å². The molecule has 0 saturated carbocycles. The van der Waals surface area contributed by atoms with E-state index in [0.717, 1.165) is 19.4 Å². The zero-order valence-corrected chi connectivity index (χ0v) is 54.0. The number of nitrogens with zero attached hydrogens (tertiary/aromatic N) is 3. The molecule has 3 aliphatic heterocycles. The van der Waals surface area contributed by atoms with Crippen LogP contribution in [0.1, 0.15) is 74.8 Å². The lowest BCUT2D eigenvalue weighted by Crippen LogP contribution is -2.47. The minimum absolute atomic E-state index is 0.0600. The number of amides is 5. The van der Waals surface area contributed by atoms with Crippen molar-refractivity contribution < 1.29 is 70.4 Å². The number of ether oxygens (including phenoxy) is 6. The Labute approximate surface area is 497 Å². The number of hydrogen-bond acceptors (Lipinski definition) is 12. The van der Waals surface area contributed by atoms with Gasteiger partial charge < -0.3 is 44.0 Å². The maximum Gasteiger partial charge on any atom is 0.337 e. The number of likely N-dealkylation sites (N-methyl/N-ethyl adjacent to an activating group) is 1. The third-order valence-electron chi connectivity index (χ3n) is 12.6. The van der Waals surface area contributed by atoms with E-state index in [1.165, 1.54) is 93.8 Å². The van der Waals surface area contributed by atoms with Crippen LogP contribution >= 0.6 is 11.6 Å². The van der Waals surface area contributed by atoms with Gasteiger partial charge in [-0.25, -0.2) is 37.1 Å². The molecule has 2 N–H and O–H groups in total. The van der Waals surface area contributed by atoms with Crippen molar-refractivity contribution in [2.24, 2.45) is 0 Å². The Morgan fingerprint density at radius 2 is 1.02 bits per heavy atom. The molecule has 3 heterocycles. The van der Waals surface area contributed by atoms with Crippen molar-refractivity contribution in [2.45, 2.75) is 122 Å². The van der Waals surface area contributed by atoms with Gasteiger partial charge in [-0.2, -0.15) is 0 Å². The zero-order valence-electron chi connectivity index (χ0n) is 49.9. The van der Waals surface area contributed by atoms with Crippen molar-refractivity contribution in [1.29, 1.82) is 0 Å². The highest BCUT2D eigenvalue weighted by atomic mass is 35.5. The van der Waals surface area contributed by atoms with Crippen LogP contribution in [0.4, 0.5) is 22.8 Å². The number of nitrogens with one attached hydrogen (secondary N) is 2. The fourth-order valence-corrected chi connectivity index (χ4v) is 11.0. The fraction of sp³-hybridized carbons (Fsp3) is 0.492. The molecule has 3 aromatic rings. The monoisotopic (exact) mass is 1230 g/mol. The molecule has 0 bridgehead atoms. The lowest BCUT2D eigenvalue weighted by atomic mass is 9.94. The number of benzene rings is 3. The Hall–Kier alpha value is -6.09. The number of rotatable bonds is 25. The molecular formula is C59H85ClF3N5O12Si3. The summed E-state index contributed by atoms with van der Waals surface area (Å²) in [4.78, 5) is 77.5. The number of alkyl halides is 1. The Bertz CT molecular complexity index is 2630. The molecule has 0 saturated heterocycles. The van der Waals surface area contributed by atoms with Crippen LogP contribution in [0.3, 0.4) is 0 Å².